The lowest BCUT2D eigenvalue weighted by Gasteiger charge is -2.29. The number of hydrogen-bond donors (Lipinski definition) is 4. The predicted octanol–water partition coefficient (Wildman–Crippen LogP) is 0.141. The van der Waals surface area contributed by atoms with Crippen LogP contribution in [0, 0.1) is 0 Å². The molecule has 0 unspecified atom stereocenters. The molecule has 19 heavy (non-hydrogen) atoms. The first kappa shape index (κ1) is 15.3. The van der Waals surface area contributed by atoms with E-state index in [2.05, 4.69) is 5.32 Å². The molecule has 1 aromatic rings. The Morgan fingerprint density at radius 1 is 1.42 bits per heavy atom. The summed E-state index contributed by atoms with van der Waals surface area (Å²) in [4.78, 5) is 12.1. The highest BCUT2D eigenvalue weighted by Crippen LogP contribution is 2.22. The molecule has 0 saturated heterocycles. The second kappa shape index (κ2) is 6.40. The molecule has 6 heteroatoms. The van der Waals surface area contributed by atoms with Gasteiger partial charge in [0, 0.05) is 5.56 Å². The standard InChI is InChI=1S/C13H20N2O4/c1-3-13(7-16,8-17)15-12(18)9-4-5-10(14)11(6-9)19-2/h4-6,16-17H,3,7-8,14H2,1-2H3,(H,15,18). The summed E-state index contributed by atoms with van der Waals surface area (Å²) in [5.41, 5.74) is 5.43. The van der Waals surface area contributed by atoms with E-state index in [1.54, 1.807) is 19.1 Å². The Hall–Kier alpha value is -1.79. The topological polar surface area (TPSA) is 105 Å². The van der Waals surface area contributed by atoms with Gasteiger partial charge in [-0.1, -0.05) is 6.92 Å². The fourth-order valence-electron chi connectivity index (χ4n) is 1.61. The van der Waals surface area contributed by atoms with Crippen LogP contribution in [0.4, 0.5) is 5.69 Å². The molecule has 0 fully saturated rings. The summed E-state index contributed by atoms with van der Waals surface area (Å²) in [7, 11) is 1.46. The molecule has 0 spiro atoms. The van der Waals surface area contributed by atoms with E-state index in [4.69, 9.17) is 10.5 Å². The minimum Gasteiger partial charge on any atom is -0.495 e. The van der Waals surface area contributed by atoms with Gasteiger partial charge < -0.3 is 26.0 Å². The van der Waals surface area contributed by atoms with Gasteiger partial charge in [-0.15, -0.1) is 0 Å². The first-order chi connectivity index (χ1) is 9.01. The van der Waals surface area contributed by atoms with Crippen LogP contribution in [0.1, 0.15) is 23.7 Å². The van der Waals surface area contributed by atoms with Gasteiger partial charge in [0.05, 0.1) is 31.5 Å². The molecule has 106 valence electrons. The Balaban J connectivity index is 2.94. The quantitative estimate of drug-likeness (QED) is 0.549. The van der Waals surface area contributed by atoms with Crippen LogP contribution in [0.5, 0.6) is 5.75 Å². The zero-order valence-corrected chi connectivity index (χ0v) is 11.1. The van der Waals surface area contributed by atoms with Crippen molar-refractivity contribution in [2.24, 2.45) is 0 Å². The molecular formula is C13H20N2O4. The highest BCUT2D eigenvalue weighted by atomic mass is 16.5. The van der Waals surface area contributed by atoms with Crippen LogP contribution in [0.25, 0.3) is 0 Å². The number of rotatable bonds is 6. The normalized spacial score (nSPS) is 11.2. The van der Waals surface area contributed by atoms with Gasteiger partial charge in [0.2, 0.25) is 0 Å². The average Bonchev–Trinajstić information content (AvgIpc) is 2.45. The second-order valence-corrected chi connectivity index (χ2v) is 4.36. The SMILES string of the molecule is CCC(CO)(CO)NC(=O)c1ccc(N)c(OC)c1. The first-order valence-electron chi connectivity index (χ1n) is 5.99. The molecule has 0 aliphatic carbocycles. The number of nitrogens with one attached hydrogen (secondary N) is 1. The molecule has 1 aromatic carbocycles. The Bertz CT molecular complexity index is 436. The van der Waals surface area contributed by atoms with Gasteiger partial charge >= 0.3 is 0 Å². The zero-order valence-electron chi connectivity index (χ0n) is 11.1. The monoisotopic (exact) mass is 268 g/mol. The Kier molecular flexibility index (Phi) is 5.14. The van der Waals surface area contributed by atoms with Crippen molar-refractivity contribution in [3.63, 3.8) is 0 Å². The molecule has 1 amide bonds. The number of hydrogen-bond acceptors (Lipinski definition) is 5. The van der Waals surface area contributed by atoms with Gasteiger partial charge in [0.15, 0.2) is 0 Å². The minimum absolute atomic E-state index is 0.335. The Morgan fingerprint density at radius 3 is 2.53 bits per heavy atom. The van der Waals surface area contributed by atoms with Gasteiger partial charge in [-0.3, -0.25) is 4.79 Å². The third kappa shape index (κ3) is 3.36. The van der Waals surface area contributed by atoms with E-state index in [0.717, 1.165) is 0 Å². The summed E-state index contributed by atoms with van der Waals surface area (Å²) in [6, 6.07) is 4.64. The van der Waals surface area contributed by atoms with Gasteiger partial charge in [-0.05, 0) is 24.6 Å². The number of carbonyl (C=O) groups excluding carboxylic acids is 1. The van der Waals surface area contributed by atoms with Crippen LogP contribution >= 0.6 is 0 Å². The third-order valence-corrected chi connectivity index (χ3v) is 3.16. The summed E-state index contributed by atoms with van der Waals surface area (Å²) in [5, 5.41) is 21.2. The number of methoxy groups -OCH3 is 1. The van der Waals surface area contributed by atoms with Crippen molar-refractivity contribution in [1.82, 2.24) is 5.32 Å². The fourth-order valence-corrected chi connectivity index (χ4v) is 1.61. The van der Waals surface area contributed by atoms with Crippen molar-refractivity contribution in [3.05, 3.63) is 23.8 Å². The highest BCUT2D eigenvalue weighted by Gasteiger charge is 2.29. The molecule has 0 aliphatic rings. The van der Waals surface area contributed by atoms with E-state index in [1.807, 2.05) is 0 Å². The second-order valence-electron chi connectivity index (χ2n) is 4.36. The van der Waals surface area contributed by atoms with Crippen molar-refractivity contribution in [2.45, 2.75) is 18.9 Å². The number of ether oxygens (including phenoxy) is 1. The molecule has 0 atom stereocenters. The van der Waals surface area contributed by atoms with Crippen molar-refractivity contribution in [3.8, 4) is 5.75 Å². The van der Waals surface area contributed by atoms with Gasteiger partial charge in [-0.25, -0.2) is 0 Å². The first-order valence-corrected chi connectivity index (χ1v) is 5.99. The van der Waals surface area contributed by atoms with Crippen LogP contribution in [-0.4, -0.2) is 42.0 Å². The van der Waals surface area contributed by atoms with Crippen molar-refractivity contribution in [2.75, 3.05) is 26.1 Å². The molecular weight excluding hydrogens is 248 g/mol. The van der Waals surface area contributed by atoms with Crippen molar-refractivity contribution < 1.29 is 19.7 Å². The number of aliphatic hydroxyl groups is 2. The average molecular weight is 268 g/mol. The molecule has 1 rings (SSSR count). The molecule has 0 aliphatic heterocycles. The number of amides is 1. The fraction of sp³-hybridized carbons (Fsp3) is 0.462. The number of aliphatic hydroxyl groups excluding tert-OH is 2. The van der Waals surface area contributed by atoms with E-state index in [0.29, 0.717) is 23.4 Å². The Morgan fingerprint density at radius 2 is 2.05 bits per heavy atom. The summed E-state index contributed by atoms with van der Waals surface area (Å²) in [6.07, 6.45) is 0.415. The minimum atomic E-state index is -1.02. The van der Waals surface area contributed by atoms with E-state index in [9.17, 15) is 15.0 Å². The van der Waals surface area contributed by atoms with Crippen LogP contribution in [-0.2, 0) is 0 Å². The summed E-state index contributed by atoms with van der Waals surface area (Å²) >= 11 is 0. The van der Waals surface area contributed by atoms with E-state index in [1.165, 1.54) is 13.2 Å². The van der Waals surface area contributed by atoms with Crippen molar-refractivity contribution >= 4 is 11.6 Å². The maximum absolute atomic E-state index is 12.1. The van der Waals surface area contributed by atoms with E-state index < -0.39 is 11.4 Å². The molecule has 5 N–H and O–H groups in total. The smallest absolute Gasteiger partial charge is 0.252 e. The number of carbonyl (C=O) groups is 1. The molecule has 0 heterocycles. The van der Waals surface area contributed by atoms with Gasteiger partial charge in [0.25, 0.3) is 5.91 Å². The summed E-state index contributed by atoms with van der Waals surface area (Å²) < 4.78 is 5.04. The number of nitrogen functional groups attached to an aromatic ring is 1. The Labute approximate surface area is 112 Å². The van der Waals surface area contributed by atoms with Gasteiger partial charge in [-0.2, -0.15) is 0 Å². The van der Waals surface area contributed by atoms with E-state index >= 15 is 0 Å². The number of benzene rings is 1. The largest absolute Gasteiger partial charge is 0.495 e. The molecule has 0 bridgehead atoms. The molecule has 0 radical (unpaired) electrons. The molecule has 6 nitrogen and oxygen atoms in total. The van der Waals surface area contributed by atoms with Gasteiger partial charge in [0.1, 0.15) is 5.75 Å². The highest BCUT2D eigenvalue weighted by molar-refractivity contribution is 5.95. The maximum Gasteiger partial charge on any atom is 0.252 e. The molecule has 0 saturated carbocycles. The predicted molar refractivity (Wildman–Crippen MR) is 72.1 cm³/mol. The van der Waals surface area contributed by atoms with Crippen LogP contribution < -0.4 is 15.8 Å². The molecule has 0 aromatic heterocycles. The summed E-state index contributed by atoms with van der Waals surface area (Å²) in [5.74, 6) is 0.00555. The number of nitrogens with two attached hydrogens (primary N) is 1. The lowest BCUT2D eigenvalue weighted by Crippen LogP contribution is -2.53. The lowest BCUT2D eigenvalue weighted by molar-refractivity contribution is 0.0653. The number of anilines is 1. The summed E-state index contributed by atoms with van der Waals surface area (Å²) in [6.45, 7) is 1.10. The lowest BCUT2D eigenvalue weighted by atomic mass is 9.97. The van der Waals surface area contributed by atoms with Crippen molar-refractivity contribution in [1.29, 1.82) is 0 Å². The zero-order chi connectivity index (χ0) is 14.5. The van der Waals surface area contributed by atoms with E-state index in [-0.39, 0.29) is 13.2 Å². The third-order valence-electron chi connectivity index (χ3n) is 3.16. The maximum atomic E-state index is 12.1. The van der Waals surface area contributed by atoms with Crippen LogP contribution in [0.2, 0.25) is 0 Å². The van der Waals surface area contributed by atoms with Crippen LogP contribution in [0.15, 0.2) is 18.2 Å². The van der Waals surface area contributed by atoms with Crippen LogP contribution in [0.3, 0.4) is 0 Å².